The Kier molecular flexibility index (Phi) is 4.35. The number of aromatic nitrogens is 2. The molecule has 92 valence electrons. The average Bonchev–Trinajstić information content (AvgIpc) is 2.26. The predicted octanol–water partition coefficient (Wildman–Crippen LogP) is -0.568. The monoisotopic (exact) mass is 240 g/mol. The smallest absolute Gasteiger partial charge is 0.328 e. The van der Waals surface area contributed by atoms with Crippen LogP contribution < -0.4 is 10.6 Å². The summed E-state index contributed by atoms with van der Waals surface area (Å²) in [6, 6.07) is -2.13. The number of hydrogen-bond donors (Lipinski definition) is 4. The van der Waals surface area contributed by atoms with Gasteiger partial charge in [-0.3, -0.25) is 0 Å². The molecule has 2 amide bonds. The summed E-state index contributed by atoms with van der Waals surface area (Å²) in [5.74, 6) is -1.32. The summed E-state index contributed by atoms with van der Waals surface area (Å²) in [4.78, 5) is 29.4. The van der Waals surface area contributed by atoms with Gasteiger partial charge in [0, 0.05) is 0 Å². The molecule has 8 nitrogen and oxygen atoms in total. The number of nitrogens with zero attached hydrogens (tertiary/aromatic N) is 2. The van der Waals surface area contributed by atoms with Gasteiger partial charge < -0.3 is 20.8 Å². The van der Waals surface area contributed by atoms with Crippen molar-refractivity contribution in [1.29, 1.82) is 0 Å². The third kappa shape index (κ3) is 4.03. The Balaban J connectivity index is 2.57. The lowest BCUT2D eigenvalue weighted by Gasteiger charge is -2.17. The highest BCUT2D eigenvalue weighted by Gasteiger charge is 2.24. The van der Waals surface area contributed by atoms with Crippen LogP contribution in [0.2, 0.25) is 0 Å². The number of hydrogen-bond acceptors (Lipinski definition) is 5. The molecule has 1 aromatic rings. The standard InChI is InChI=1S/C9H12N4O4/c1-5(14)7(8(15)16)13-9(17)12-6-2-10-4-11-3-6/h2-5,7,14H,1H3,(H,15,16)(H2,12,13,17). The molecule has 2 atom stereocenters. The number of aliphatic carboxylic acids is 1. The summed E-state index contributed by atoms with van der Waals surface area (Å²) in [6.45, 7) is 1.27. The van der Waals surface area contributed by atoms with Crippen LogP contribution in [0.5, 0.6) is 0 Å². The fourth-order valence-corrected chi connectivity index (χ4v) is 1.06. The number of aliphatic hydroxyl groups excluding tert-OH is 1. The summed E-state index contributed by atoms with van der Waals surface area (Å²) in [6.07, 6.45) is 2.79. The second-order valence-corrected chi connectivity index (χ2v) is 3.28. The Hall–Kier alpha value is -2.22. The lowest BCUT2D eigenvalue weighted by atomic mass is 10.2. The summed E-state index contributed by atoms with van der Waals surface area (Å²) >= 11 is 0. The van der Waals surface area contributed by atoms with Gasteiger partial charge >= 0.3 is 12.0 Å². The minimum atomic E-state index is -1.38. The molecule has 4 N–H and O–H groups in total. The number of amides is 2. The van der Waals surface area contributed by atoms with Gasteiger partial charge in [-0.1, -0.05) is 0 Å². The molecule has 0 spiro atoms. The van der Waals surface area contributed by atoms with Crippen molar-refractivity contribution in [2.45, 2.75) is 19.1 Å². The van der Waals surface area contributed by atoms with Crippen molar-refractivity contribution in [3.05, 3.63) is 18.7 Å². The maximum absolute atomic E-state index is 11.4. The lowest BCUT2D eigenvalue weighted by Crippen LogP contribution is -2.49. The SMILES string of the molecule is CC(O)C(NC(=O)Nc1cncnc1)C(=O)O. The molecule has 0 aromatic carbocycles. The van der Waals surface area contributed by atoms with Crippen LogP contribution in [0.3, 0.4) is 0 Å². The molecule has 0 saturated carbocycles. The molecule has 0 aliphatic rings. The molecular formula is C9H12N4O4. The van der Waals surface area contributed by atoms with Crippen molar-refractivity contribution in [3.63, 3.8) is 0 Å². The summed E-state index contributed by atoms with van der Waals surface area (Å²) in [7, 11) is 0. The molecule has 0 fully saturated rings. The molecule has 0 aliphatic carbocycles. The minimum Gasteiger partial charge on any atom is -0.480 e. The molecule has 2 unspecified atom stereocenters. The summed E-state index contributed by atoms with van der Waals surface area (Å²) < 4.78 is 0. The van der Waals surface area contributed by atoms with Gasteiger partial charge in [0.2, 0.25) is 0 Å². The van der Waals surface area contributed by atoms with E-state index in [9.17, 15) is 9.59 Å². The highest BCUT2D eigenvalue weighted by atomic mass is 16.4. The van der Waals surface area contributed by atoms with Crippen LogP contribution in [0, 0.1) is 0 Å². The Morgan fingerprint density at radius 3 is 2.41 bits per heavy atom. The van der Waals surface area contributed by atoms with Crippen LogP contribution in [0.1, 0.15) is 6.92 Å². The second-order valence-electron chi connectivity index (χ2n) is 3.28. The second kappa shape index (κ2) is 5.75. The number of carbonyl (C=O) groups excluding carboxylic acids is 1. The predicted molar refractivity (Wildman–Crippen MR) is 57.3 cm³/mol. The fraction of sp³-hybridized carbons (Fsp3) is 0.333. The highest BCUT2D eigenvalue weighted by molar-refractivity contribution is 5.92. The van der Waals surface area contributed by atoms with E-state index in [0.717, 1.165) is 0 Å². The van der Waals surface area contributed by atoms with Crippen molar-refractivity contribution < 1.29 is 19.8 Å². The molecule has 0 saturated heterocycles. The number of aliphatic hydroxyl groups is 1. The van der Waals surface area contributed by atoms with Crippen molar-refractivity contribution >= 4 is 17.7 Å². The zero-order valence-corrected chi connectivity index (χ0v) is 8.99. The number of carbonyl (C=O) groups is 2. The van der Waals surface area contributed by atoms with Crippen molar-refractivity contribution in [3.8, 4) is 0 Å². The number of anilines is 1. The normalized spacial score (nSPS) is 13.5. The first-order valence-electron chi connectivity index (χ1n) is 4.74. The van der Waals surface area contributed by atoms with E-state index >= 15 is 0 Å². The van der Waals surface area contributed by atoms with Gasteiger partial charge in [0.1, 0.15) is 6.33 Å². The van der Waals surface area contributed by atoms with Crippen LogP contribution in [0.25, 0.3) is 0 Å². The molecule has 1 heterocycles. The summed E-state index contributed by atoms with van der Waals surface area (Å²) in [5.41, 5.74) is 0.319. The first-order chi connectivity index (χ1) is 8.00. The third-order valence-electron chi connectivity index (χ3n) is 1.85. The van der Waals surface area contributed by atoms with Gasteiger partial charge in [0.25, 0.3) is 0 Å². The van der Waals surface area contributed by atoms with Gasteiger partial charge in [-0.15, -0.1) is 0 Å². The van der Waals surface area contributed by atoms with Crippen LogP contribution in [-0.4, -0.2) is 44.3 Å². The summed E-state index contributed by atoms with van der Waals surface area (Å²) in [5, 5.41) is 22.3. The highest BCUT2D eigenvalue weighted by Crippen LogP contribution is 2.00. The van der Waals surface area contributed by atoms with Crippen molar-refractivity contribution in [2.24, 2.45) is 0 Å². The molecular weight excluding hydrogens is 228 g/mol. The zero-order chi connectivity index (χ0) is 12.8. The van der Waals surface area contributed by atoms with E-state index in [0.29, 0.717) is 5.69 Å². The van der Waals surface area contributed by atoms with E-state index in [-0.39, 0.29) is 0 Å². The molecule has 17 heavy (non-hydrogen) atoms. The third-order valence-corrected chi connectivity index (χ3v) is 1.85. The van der Waals surface area contributed by atoms with Crippen LogP contribution in [0.4, 0.5) is 10.5 Å². The maximum atomic E-state index is 11.4. The van der Waals surface area contributed by atoms with E-state index in [1.54, 1.807) is 0 Å². The lowest BCUT2D eigenvalue weighted by molar-refractivity contribution is -0.141. The van der Waals surface area contributed by atoms with Gasteiger partial charge in [-0.2, -0.15) is 0 Å². The van der Waals surface area contributed by atoms with Crippen molar-refractivity contribution in [2.75, 3.05) is 5.32 Å². The Morgan fingerprint density at radius 2 is 1.94 bits per heavy atom. The molecule has 0 bridgehead atoms. The maximum Gasteiger partial charge on any atom is 0.328 e. The van der Waals surface area contributed by atoms with E-state index < -0.39 is 24.1 Å². The quantitative estimate of drug-likeness (QED) is 0.558. The number of carboxylic acids is 1. The average molecular weight is 240 g/mol. The van der Waals surface area contributed by atoms with Gasteiger partial charge in [-0.05, 0) is 6.92 Å². The molecule has 1 rings (SSSR count). The Bertz CT molecular complexity index is 395. The van der Waals surface area contributed by atoms with Crippen molar-refractivity contribution in [1.82, 2.24) is 15.3 Å². The minimum absolute atomic E-state index is 0.319. The number of carboxylic acid groups (broad SMARTS) is 1. The van der Waals surface area contributed by atoms with Crippen LogP contribution >= 0.6 is 0 Å². The van der Waals surface area contributed by atoms with E-state index in [2.05, 4.69) is 20.6 Å². The molecule has 0 aliphatic heterocycles. The fourth-order valence-electron chi connectivity index (χ4n) is 1.06. The zero-order valence-electron chi connectivity index (χ0n) is 8.99. The Labute approximate surface area is 96.7 Å². The number of nitrogens with one attached hydrogen (secondary N) is 2. The van der Waals surface area contributed by atoms with Gasteiger partial charge in [0.15, 0.2) is 6.04 Å². The van der Waals surface area contributed by atoms with Crippen LogP contribution in [0.15, 0.2) is 18.7 Å². The molecule has 0 radical (unpaired) electrons. The number of rotatable bonds is 4. The van der Waals surface area contributed by atoms with Crippen LogP contribution in [-0.2, 0) is 4.79 Å². The van der Waals surface area contributed by atoms with E-state index in [1.165, 1.54) is 25.6 Å². The first-order valence-corrected chi connectivity index (χ1v) is 4.74. The van der Waals surface area contributed by atoms with Gasteiger partial charge in [-0.25, -0.2) is 19.6 Å². The topological polar surface area (TPSA) is 124 Å². The Morgan fingerprint density at radius 1 is 1.35 bits per heavy atom. The van der Waals surface area contributed by atoms with E-state index in [4.69, 9.17) is 10.2 Å². The molecule has 1 aromatic heterocycles. The number of urea groups is 1. The van der Waals surface area contributed by atoms with Gasteiger partial charge in [0.05, 0.1) is 24.2 Å². The van der Waals surface area contributed by atoms with E-state index in [1.807, 2.05) is 0 Å². The first kappa shape index (κ1) is 12.8. The largest absolute Gasteiger partial charge is 0.480 e. The molecule has 8 heteroatoms.